The van der Waals surface area contributed by atoms with Gasteiger partial charge in [-0.1, -0.05) is 0 Å². The first-order chi connectivity index (χ1) is 0. The van der Waals surface area contributed by atoms with Crippen molar-refractivity contribution in [2.24, 2.45) is 0 Å². The van der Waals surface area contributed by atoms with Crippen LogP contribution in [0.4, 0.5) is 0 Å². The minimum Gasteiger partial charge on any atom is 0 e. The van der Waals surface area contributed by atoms with Crippen molar-refractivity contribution in [1.82, 2.24) is 0 Å². The van der Waals surface area contributed by atoms with Crippen molar-refractivity contribution in [2.75, 3.05) is 0 Å². The minimum atomic E-state index is 0. The van der Waals surface area contributed by atoms with E-state index in [4.69, 9.17) is 0 Å². The van der Waals surface area contributed by atoms with Crippen molar-refractivity contribution in [2.45, 2.75) is 0 Å². The van der Waals surface area contributed by atoms with Gasteiger partial charge < -0.3 is 0 Å². The van der Waals surface area contributed by atoms with E-state index < -0.39 is 0 Å². The van der Waals surface area contributed by atoms with Gasteiger partial charge in [0, 0.05) is 46.8 Å². The first-order valence-corrected chi connectivity index (χ1v) is 0. The van der Waals surface area contributed by atoms with Crippen molar-refractivity contribution in [1.29, 1.82) is 0 Å². The average molecular weight is 526 g/mol. The third-order valence-corrected chi connectivity index (χ3v) is 0. The van der Waals surface area contributed by atoms with Crippen LogP contribution in [0.25, 0.3) is 0 Å². The summed E-state index contributed by atoms with van der Waals surface area (Å²) in [4.78, 5) is 0. The summed E-state index contributed by atoms with van der Waals surface area (Å²) in [6.45, 7) is 0. The van der Waals surface area contributed by atoms with Crippen molar-refractivity contribution in [3.05, 3.63) is 0 Å². The van der Waals surface area contributed by atoms with Gasteiger partial charge in [0.15, 0.2) is 0 Å². The fraction of sp³-hybridized carbons (Fsp3) is 0. The second kappa shape index (κ2) is 15.7. The van der Waals surface area contributed by atoms with Crippen molar-refractivity contribution in [3.8, 4) is 0 Å². The molecule has 0 spiro atoms. The molecule has 0 amide bonds. The summed E-state index contributed by atoms with van der Waals surface area (Å²) in [5, 5.41) is 0. The molecule has 0 rings (SSSR count). The van der Waals surface area contributed by atoms with Crippen molar-refractivity contribution >= 4 is 76.2 Å². The van der Waals surface area contributed by atoms with Crippen LogP contribution in [-0.2, 0) is 46.8 Å². The standard InChI is InChI=1S/Ba.Cd.Pb.Zn.4H. The molecule has 14 valence electrons. The summed E-state index contributed by atoms with van der Waals surface area (Å²) in [6, 6.07) is 0. The monoisotopic (exact) mass is 528 g/mol. The maximum atomic E-state index is 0. The van der Waals surface area contributed by atoms with Crippen LogP contribution in [0.2, 0.25) is 0 Å². The van der Waals surface area contributed by atoms with Gasteiger partial charge in [-0.05, 0) is 0 Å². The van der Waals surface area contributed by atoms with E-state index in [2.05, 4.69) is 0 Å². The molecular weight excluding hydrogens is 522 g/mol. The second-order valence-corrected chi connectivity index (χ2v) is 0. The number of hydrogen-bond acceptors (Lipinski definition) is 0. The Labute approximate surface area is 119 Å². The molecule has 4 heteroatoms. The largest absolute Gasteiger partial charge is 0 e. The summed E-state index contributed by atoms with van der Waals surface area (Å²) in [5.41, 5.74) is 0. The van der Waals surface area contributed by atoms with Gasteiger partial charge >= 0.3 is 76.2 Å². The van der Waals surface area contributed by atoms with Crippen molar-refractivity contribution < 1.29 is 46.8 Å². The summed E-state index contributed by atoms with van der Waals surface area (Å²) in [5.74, 6) is 0. The predicted octanol–water partition coefficient (Wildman–Crippen LogP) is -1.84. The molecule has 0 heterocycles. The molecule has 2 radical (unpaired) electrons. The molecule has 4 heavy (non-hydrogen) atoms. The third kappa shape index (κ3) is 9.40. The quantitative estimate of drug-likeness (QED) is 0.326. The zero-order valence-electron chi connectivity index (χ0n) is 2.12. The molecule has 0 aliphatic rings. The Morgan fingerprint density at radius 1 is 1.00 bits per heavy atom. The van der Waals surface area contributed by atoms with Crippen LogP contribution >= 0.6 is 0 Å². The van der Waals surface area contributed by atoms with Gasteiger partial charge in [0.2, 0.25) is 0 Å². The number of rotatable bonds is 0. The normalized spacial score (nSPS) is 0. The zero-order valence-corrected chi connectivity index (χ0v) is 14.6. The van der Waals surface area contributed by atoms with E-state index in [0.717, 1.165) is 0 Å². The van der Waals surface area contributed by atoms with Crippen LogP contribution in [0, 0.1) is 0 Å². The smallest absolute Gasteiger partial charge is 0 e. The first-order valence-electron chi connectivity index (χ1n) is 0. The van der Waals surface area contributed by atoms with Crippen LogP contribution in [0.3, 0.4) is 0 Å². The average Bonchev–Trinajstić information content (AvgIpc) is 0. The summed E-state index contributed by atoms with van der Waals surface area (Å²) in [6.07, 6.45) is 0. The molecule has 0 saturated carbocycles. The van der Waals surface area contributed by atoms with E-state index in [1.54, 1.807) is 0 Å². The van der Waals surface area contributed by atoms with Crippen LogP contribution in [-0.4, -0.2) is 76.2 Å². The topological polar surface area (TPSA) is 0 Å². The second-order valence-electron chi connectivity index (χ2n) is 0. The molecule has 0 aliphatic heterocycles. The summed E-state index contributed by atoms with van der Waals surface area (Å²) < 4.78 is 0. The molecule has 0 aromatic carbocycles. The van der Waals surface area contributed by atoms with Crippen LogP contribution in [0.5, 0.6) is 0 Å². The fourth-order valence-electron chi connectivity index (χ4n) is 0. The summed E-state index contributed by atoms with van der Waals surface area (Å²) in [7, 11) is 0. The molecule has 0 fully saturated rings. The predicted molar refractivity (Wildman–Crippen MR) is 17.1 cm³/mol. The zero-order chi connectivity index (χ0) is 0. The van der Waals surface area contributed by atoms with Gasteiger partial charge in [0.1, 0.15) is 0 Å². The van der Waals surface area contributed by atoms with E-state index >= 15 is 0 Å². The van der Waals surface area contributed by atoms with Gasteiger partial charge in [0.25, 0.3) is 0 Å². The molecule has 0 atom stereocenters. The van der Waals surface area contributed by atoms with Crippen LogP contribution < -0.4 is 0 Å². The Hall–Kier alpha value is 4.04. The Bertz CT molecular complexity index is 8.00. The van der Waals surface area contributed by atoms with Crippen LogP contribution in [0.1, 0.15) is 0 Å². The van der Waals surface area contributed by atoms with E-state index in [1.807, 2.05) is 0 Å². The Kier molecular flexibility index (Phi) is 96.1. The third-order valence-electron chi connectivity index (χ3n) is 0. The van der Waals surface area contributed by atoms with Gasteiger partial charge in [-0.25, -0.2) is 0 Å². The molecule has 0 unspecified atom stereocenters. The van der Waals surface area contributed by atoms with Gasteiger partial charge in [-0.2, -0.15) is 0 Å². The van der Waals surface area contributed by atoms with E-state index in [9.17, 15) is 0 Å². The van der Waals surface area contributed by atoms with E-state index in [-0.39, 0.29) is 123 Å². The van der Waals surface area contributed by atoms with Crippen molar-refractivity contribution in [3.63, 3.8) is 0 Å². The molecule has 0 bridgehead atoms. The maximum Gasteiger partial charge on any atom is 0 e. The molecule has 0 nitrogen and oxygen atoms in total. The van der Waals surface area contributed by atoms with Crippen LogP contribution in [0.15, 0.2) is 0 Å². The maximum absolute atomic E-state index is 0. The first kappa shape index (κ1) is 24.4. The summed E-state index contributed by atoms with van der Waals surface area (Å²) >= 11 is 0. The fourth-order valence-corrected chi connectivity index (χ4v) is 0. The molecule has 0 N–H and O–H groups in total. The van der Waals surface area contributed by atoms with Gasteiger partial charge in [-0.15, -0.1) is 0 Å². The van der Waals surface area contributed by atoms with Gasteiger partial charge in [-0.3, -0.25) is 0 Å². The van der Waals surface area contributed by atoms with E-state index in [0.29, 0.717) is 0 Å². The van der Waals surface area contributed by atoms with E-state index in [1.165, 1.54) is 0 Å². The van der Waals surface area contributed by atoms with Gasteiger partial charge in [0.05, 0.1) is 0 Å². The molecule has 0 aromatic heterocycles. The molecule has 0 saturated heterocycles. The minimum absolute atomic E-state index is 0. The Morgan fingerprint density at radius 2 is 1.00 bits per heavy atom. The molecule has 0 aromatic rings. The Morgan fingerprint density at radius 3 is 1.00 bits per heavy atom. The SMILES string of the molecule is [BaH2].[Cd].[PbH2].[Zn]. The molecular formula is H4BaCdPbZn. The Balaban J connectivity index is 0. The molecule has 0 aliphatic carbocycles. The number of hydrogen-bond donors (Lipinski definition) is 0.